The molecule has 2 aliphatic heterocycles. The van der Waals surface area contributed by atoms with E-state index in [-0.39, 0.29) is 0 Å². The Morgan fingerprint density at radius 3 is 3.00 bits per heavy atom. The number of aromatic nitrogens is 3. The lowest BCUT2D eigenvalue weighted by molar-refractivity contribution is 0.0619. The summed E-state index contributed by atoms with van der Waals surface area (Å²) in [6.45, 7) is 7.14. The standard InChI is InChI=1S/C19H26N4O2/c1-2-6-20-18(3-1)15-25-14-17-10-22(9-16-5-8-24-13-16)12-19-4-7-21-23(19)11-17/h1-4,6-7,16-17H,5,8-15H2/t16-,17+/m1/s1. The van der Waals surface area contributed by atoms with E-state index < -0.39 is 0 Å². The molecule has 0 bridgehead atoms. The third-order valence-electron chi connectivity index (χ3n) is 5.01. The Hall–Kier alpha value is -1.76. The number of pyridine rings is 1. The van der Waals surface area contributed by atoms with E-state index in [1.54, 1.807) is 0 Å². The molecule has 0 spiro atoms. The predicted octanol–water partition coefficient (Wildman–Crippen LogP) is 1.96. The molecule has 2 aromatic heterocycles. The van der Waals surface area contributed by atoms with Crippen molar-refractivity contribution in [3.8, 4) is 0 Å². The first-order valence-corrected chi connectivity index (χ1v) is 9.15. The van der Waals surface area contributed by atoms with Crippen molar-refractivity contribution in [3.05, 3.63) is 48.0 Å². The number of nitrogens with zero attached hydrogens (tertiary/aromatic N) is 4. The van der Waals surface area contributed by atoms with Crippen molar-refractivity contribution < 1.29 is 9.47 Å². The molecule has 0 aromatic carbocycles. The van der Waals surface area contributed by atoms with Crippen LogP contribution in [-0.2, 0) is 29.2 Å². The molecular weight excluding hydrogens is 316 g/mol. The first-order valence-electron chi connectivity index (χ1n) is 9.15. The second kappa shape index (κ2) is 8.08. The average Bonchev–Trinajstić information content (AvgIpc) is 3.25. The van der Waals surface area contributed by atoms with Gasteiger partial charge in [-0.25, -0.2) is 0 Å². The van der Waals surface area contributed by atoms with Crippen LogP contribution < -0.4 is 0 Å². The molecule has 0 amide bonds. The predicted molar refractivity (Wildman–Crippen MR) is 93.8 cm³/mol. The van der Waals surface area contributed by atoms with Crippen molar-refractivity contribution in [3.63, 3.8) is 0 Å². The Labute approximate surface area is 148 Å². The molecule has 134 valence electrons. The molecule has 1 saturated heterocycles. The largest absolute Gasteiger partial charge is 0.381 e. The highest BCUT2D eigenvalue weighted by atomic mass is 16.5. The van der Waals surface area contributed by atoms with E-state index in [0.29, 0.717) is 18.4 Å². The van der Waals surface area contributed by atoms with Gasteiger partial charge in [0.2, 0.25) is 0 Å². The summed E-state index contributed by atoms with van der Waals surface area (Å²) in [6, 6.07) is 8.07. The summed E-state index contributed by atoms with van der Waals surface area (Å²) < 4.78 is 13.7. The highest BCUT2D eigenvalue weighted by Crippen LogP contribution is 2.20. The topological polar surface area (TPSA) is 52.4 Å². The van der Waals surface area contributed by atoms with Gasteiger partial charge >= 0.3 is 0 Å². The first-order chi connectivity index (χ1) is 12.4. The zero-order valence-electron chi connectivity index (χ0n) is 14.6. The minimum absolute atomic E-state index is 0.437. The monoisotopic (exact) mass is 342 g/mol. The van der Waals surface area contributed by atoms with Gasteiger partial charge in [0.15, 0.2) is 0 Å². The molecule has 2 aromatic rings. The van der Waals surface area contributed by atoms with E-state index in [2.05, 4.69) is 25.7 Å². The molecule has 6 heteroatoms. The number of fused-ring (bicyclic) bond motifs is 1. The van der Waals surface area contributed by atoms with Gasteiger partial charge in [-0.05, 0) is 30.5 Å². The molecule has 0 aliphatic carbocycles. The Morgan fingerprint density at radius 2 is 2.16 bits per heavy atom. The van der Waals surface area contributed by atoms with Crippen LogP contribution >= 0.6 is 0 Å². The van der Waals surface area contributed by atoms with E-state index in [1.165, 1.54) is 12.1 Å². The fourth-order valence-electron chi connectivity index (χ4n) is 3.77. The van der Waals surface area contributed by atoms with Crippen LogP contribution in [0.1, 0.15) is 17.8 Å². The van der Waals surface area contributed by atoms with Gasteiger partial charge in [0.1, 0.15) is 0 Å². The van der Waals surface area contributed by atoms with E-state index in [0.717, 1.165) is 51.7 Å². The van der Waals surface area contributed by atoms with Crippen LogP contribution in [0, 0.1) is 11.8 Å². The molecule has 4 rings (SSSR count). The molecule has 2 atom stereocenters. The fourth-order valence-corrected chi connectivity index (χ4v) is 3.77. The zero-order chi connectivity index (χ0) is 16.9. The second-order valence-electron chi connectivity index (χ2n) is 7.13. The third kappa shape index (κ3) is 4.45. The van der Waals surface area contributed by atoms with Crippen molar-refractivity contribution in [2.24, 2.45) is 11.8 Å². The number of rotatable bonds is 6. The SMILES string of the molecule is c1ccc(COC[C@H]2CN(C[C@H]3CCOC3)Cc3ccnn3C2)nc1. The van der Waals surface area contributed by atoms with Gasteiger partial charge < -0.3 is 9.47 Å². The average molecular weight is 342 g/mol. The van der Waals surface area contributed by atoms with E-state index in [1.807, 2.05) is 30.6 Å². The van der Waals surface area contributed by atoms with Gasteiger partial charge in [0, 0.05) is 51.1 Å². The maximum absolute atomic E-state index is 5.97. The summed E-state index contributed by atoms with van der Waals surface area (Å²) in [6.07, 6.45) is 4.89. The van der Waals surface area contributed by atoms with Gasteiger partial charge in [-0.1, -0.05) is 6.07 Å². The maximum Gasteiger partial charge on any atom is 0.0887 e. The first kappa shape index (κ1) is 16.7. The summed E-state index contributed by atoms with van der Waals surface area (Å²) >= 11 is 0. The van der Waals surface area contributed by atoms with Crippen LogP contribution in [0.5, 0.6) is 0 Å². The van der Waals surface area contributed by atoms with Crippen molar-refractivity contribution >= 4 is 0 Å². The molecular formula is C19H26N4O2. The highest BCUT2D eigenvalue weighted by Gasteiger charge is 2.26. The fraction of sp³-hybridized carbons (Fsp3) is 0.579. The molecule has 0 unspecified atom stereocenters. The van der Waals surface area contributed by atoms with Gasteiger partial charge in [0.25, 0.3) is 0 Å². The van der Waals surface area contributed by atoms with Crippen LogP contribution in [0.3, 0.4) is 0 Å². The van der Waals surface area contributed by atoms with Crippen molar-refractivity contribution in [2.75, 3.05) is 32.9 Å². The normalized spacial score (nSPS) is 24.2. The number of hydrogen-bond donors (Lipinski definition) is 0. The minimum Gasteiger partial charge on any atom is -0.381 e. The summed E-state index contributed by atoms with van der Waals surface area (Å²) in [5.74, 6) is 1.09. The van der Waals surface area contributed by atoms with Crippen LogP contribution in [0.25, 0.3) is 0 Å². The molecule has 1 fully saturated rings. The van der Waals surface area contributed by atoms with E-state index in [4.69, 9.17) is 9.47 Å². The zero-order valence-corrected chi connectivity index (χ0v) is 14.6. The van der Waals surface area contributed by atoms with Crippen molar-refractivity contribution in [1.29, 1.82) is 0 Å². The van der Waals surface area contributed by atoms with Crippen LogP contribution in [-0.4, -0.2) is 52.6 Å². The smallest absolute Gasteiger partial charge is 0.0887 e. The van der Waals surface area contributed by atoms with Crippen molar-refractivity contribution in [1.82, 2.24) is 19.7 Å². The van der Waals surface area contributed by atoms with Gasteiger partial charge in [0.05, 0.1) is 31.2 Å². The molecule has 2 aliphatic rings. The maximum atomic E-state index is 5.97. The van der Waals surface area contributed by atoms with Crippen LogP contribution in [0.2, 0.25) is 0 Å². The Kier molecular flexibility index (Phi) is 5.40. The molecule has 0 saturated carbocycles. The molecule has 4 heterocycles. The Morgan fingerprint density at radius 1 is 1.16 bits per heavy atom. The number of ether oxygens (including phenoxy) is 2. The molecule has 25 heavy (non-hydrogen) atoms. The molecule has 6 nitrogen and oxygen atoms in total. The van der Waals surface area contributed by atoms with Crippen molar-refractivity contribution in [2.45, 2.75) is 26.1 Å². The summed E-state index contributed by atoms with van der Waals surface area (Å²) in [5, 5.41) is 4.50. The van der Waals surface area contributed by atoms with Gasteiger partial charge in [-0.2, -0.15) is 5.10 Å². The minimum atomic E-state index is 0.437. The lowest BCUT2D eigenvalue weighted by atomic mass is 10.1. The lowest BCUT2D eigenvalue weighted by Crippen LogP contribution is -2.34. The molecule has 0 radical (unpaired) electrons. The highest BCUT2D eigenvalue weighted by molar-refractivity contribution is 5.03. The lowest BCUT2D eigenvalue weighted by Gasteiger charge is -2.26. The van der Waals surface area contributed by atoms with E-state index in [9.17, 15) is 0 Å². The summed E-state index contributed by atoms with van der Waals surface area (Å²) in [7, 11) is 0. The van der Waals surface area contributed by atoms with Gasteiger partial charge in [-0.15, -0.1) is 0 Å². The van der Waals surface area contributed by atoms with E-state index >= 15 is 0 Å². The quantitative estimate of drug-likeness (QED) is 0.803. The second-order valence-corrected chi connectivity index (χ2v) is 7.13. The Balaban J connectivity index is 1.36. The summed E-state index contributed by atoms with van der Waals surface area (Å²) in [5.41, 5.74) is 2.28. The van der Waals surface area contributed by atoms with Crippen LogP contribution in [0.15, 0.2) is 36.7 Å². The van der Waals surface area contributed by atoms with Gasteiger partial charge in [-0.3, -0.25) is 14.6 Å². The Bertz CT molecular complexity index is 654. The summed E-state index contributed by atoms with van der Waals surface area (Å²) in [4.78, 5) is 6.87. The van der Waals surface area contributed by atoms with Crippen LogP contribution in [0.4, 0.5) is 0 Å². The number of hydrogen-bond acceptors (Lipinski definition) is 5. The third-order valence-corrected chi connectivity index (χ3v) is 5.01. The molecule has 0 N–H and O–H groups in total.